The Morgan fingerprint density at radius 3 is 2.55 bits per heavy atom. The highest BCUT2D eigenvalue weighted by Gasteiger charge is 2.14. The molecule has 0 atom stereocenters. The molecule has 0 aliphatic heterocycles. The average Bonchev–Trinajstić information content (AvgIpc) is 2.39. The van der Waals surface area contributed by atoms with Gasteiger partial charge in [-0.15, -0.1) is 0 Å². The second-order valence-corrected chi connectivity index (χ2v) is 6.22. The fourth-order valence-corrected chi connectivity index (χ4v) is 2.30. The van der Waals surface area contributed by atoms with Gasteiger partial charge in [-0.2, -0.15) is 15.0 Å². The number of hydrogen-bond donors (Lipinski definition) is 2. The highest BCUT2D eigenvalue weighted by molar-refractivity contribution is 7.89. The molecule has 0 aromatic carbocycles. The van der Waals surface area contributed by atoms with E-state index in [1.165, 1.54) is 10.8 Å². The van der Waals surface area contributed by atoms with Crippen molar-refractivity contribution < 1.29 is 8.42 Å². The van der Waals surface area contributed by atoms with E-state index in [1.54, 1.807) is 19.0 Å². The van der Waals surface area contributed by atoms with Crippen molar-refractivity contribution in [2.45, 2.75) is 11.4 Å². The van der Waals surface area contributed by atoms with Crippen molar-refractivity contribution >= 4 is 21.9 Å². The maximum Gasteiger partial charge on any atom is 0.243 e. The van der Waals surface area contributed by atoms with Gasteiger partial charge >= 0.3 is 0 Å². The lowest BCUT2D eigenvalue weighted by atomic mass is 10.4. The first-order valence-corrected chi connectivity index (χ1v) is 7.62. The molecule has 0 saturated heterocycles. The van der Waals surface area contributed by atoms with Crippen LogP contribution in [-0.2, 0) is 16.6 Å². The highest BCUT2D eigenvalue weighted by Crippen LogP contribution is 2.07. The van der Waals surface area contributed by atoms with Gasteiger partial charge in [-0.05, 0) is 0 Å². The summed E-state index contributed by atoms with van der Waals surface area (Å²) >= 11 is 0. The number of nitrogens with zero attached hydrogens (tertiary/aromatic N) is 5. The molecule has 11 heteroatoms. The second-order valence-electron chi connectivity index (χ2n) is 4.69. The summed E-state index contributed by atoms with van der Waals surface area (Å²) in [6, 6.07) is 1.11. The Hall–Kier alpha value is -2.53. The predicted molar refractivity (Wildman–Crippen MR) is 79.7 cm³/mol. The van der Waals surface area contributed by atoms with Crippen LogP contribution in [0.25, 0.3) is 0 Å². The molecule has 2 rings (SSSR count). The average molecular weight is 325 g/mol. The van der Waals surface area contributed by atoms with Crippen LogP contribution >= 0.6 is 0 Å². The topological polar surface area (TPSA) is 150 Å². The van der Waals surface area contributed by atoms with E-state index in [9.17, 15) is 13.2 Å². The maximum atomic E-state index is 11.5. The fraction of sp³-hybridized carbons (Fsp3) is 0.273. The number of rotatable bonds is 4. The largest absolute Gasteiger partial charge is 0.368 e. The van der Waals surface area contributed by atoms with Crippen LogP contribution in [0.3, 0.4) is 0 Å². The summed E-state index contributed by atoms with van der Waals surface area (Å²) in [5.41, 5.74) is 4.93. The van der Waals surface area contributed by atoms with Gasteiger partial charge in [0.15, 0.2) is 5.82 Å². The first-order valence-electron chi connectivity index (χ1n) is 6.07. The Morgan fingerprint density at radius 1 is 1.27 bits per heavy atom. The molecule has 0 unspecified atom stereocenters. The Labute approximate surface area is 126 Å². The number of nitrogens with two attached hydrogens (primary N) is 2. The number of aromatic nitrogens is 4. The molecule has 4 N–H and O–H groups in total. The monoisotopic (exact) mass is 325 g/mol. The van der Waals surface area contributed by atoms with Crippen LogP contribution in [0.1, 0.15) is 5.82 Å². The summed E-state index contributed by atoms with van der Waals surface area (Å²) in [6.07, 6.45) is 2.54. The van der Waals surface area contributed by atoms with Gasteiger partial charge < -0.3 is 15.2 Å². The summed E-state index contributed by atoms with van der Waals surface area (Å²) < 4.78 is 24.1. The molecule has 2 aromatic heterocycles. The minimum Gasteiger partial charge on any atom is -0.368 e. The van der Waals surface area contributed by atoms with Crippen LogP contribution in [0.15, 0.2) is 28.2 Å². The van der Waals surface area contributed by atoms with Gasteiger partial charge in [0.25, 0.3) is 0 Å². The molecule has 0 spiro atoms. The standard InChI is InChI=1S/C11H15N7O3S/c1-17(2)11-15-9(14-10(12)16-11)6-18-4-3-7(19)8(5-18)22(13,20)21/h3-5H,6H2,1-2H3,(H2,13,20,21)(H2,12,14,15,16). The number of hydrogen-bond acceptors (Lipinski definition) is 8. The van der Waals surface area contributed by atoms with Gasteiger partial charge in [0.1, 0.15) is 4.90 Å². The van der Waals surface area contributed by atoms with Gasteiger partial charge in [0, 0.05) is 32.6 Å². The summed E-state index contributed by atoms with van der Waals surface area (Å²) in [4.78, 5) is 24.8. The van der Waals surface area contributed by atoms with E-state index in [1.807, 2.05) is 0 Å². The number of primary sulfonamides is 1. The van der Waals surface area contributed by atoms with Crippen molar-refractivity contribution in [2.24, 2.45) is 5.14 Å². The number of pyridine rings is 1. The molecule has 10 nitrogen and oxygen atoms in total. The van der Waals surface area contributed by atoms with Crippen molar-refractivity contribution in [2.75, 3.05) is 24.7 Å². The van der Waals surface area contributed by atoms with E-state index in [4.69, 9.17) is 10.9 Å². The van der Waals surface area contributed by atoms with Crippen molar-refractivity contribution in [3.8, 4) is 0 Å². The Bertz CT molecular complexity index is 860. The molecular formula is C11H15N7O3S. The minimum absolute atomic E-state index is 0.0430. The van der Waals surface area contributed by atoms with Crippen molar-refractivity contribution in [3.05, 3.63) is 34.5 Å². The lowest BCUT2D eigenvalue weighted by Gasteiger charge is -2.12. The van der Waals surface area contributed by atoms with Gasteiger partial charge in [-0.3, -0.25) is 4.79 Å². The molecule has 0 aliphatic rings. The van der Waals surface area contributed by atoms with Gasteiger partial charge in [-0.25, -0.2) is 13.6 Å². The Kier molecular flexibility index (Phi) is 4.10. The Balaban J connectivity index is 2.42. The van der Waals surface area contributed by atoms with Crippen molar-refractivity contribution in [1.29, 1.82) is 0 Å². The summed E-state index contributed by atoms with van der Waals surface area (Å²) in [7, 11) is -0.603. The molecule has 0 bridgehead atoms. The van der Waals surface area contributed by atoms with E-state index in [0.717, 1.165) is 12.3 Å². The van der Waals surface area contributed by atoms with Crippen LogP contribution < -0.4 is 21.2 Å². The first-order chi connectivity index (χ1) is 10.2. The molecule has 0 aliphatic carbocycles. The zero-order chi connectivity index (χ0) is 16.5. The molecule has 0 amide bonds. The van der Waals surface area contributed by atoms with Crippen molar-refractivity contribution in [3.63, 3.8) is 0 Å². The van der Waals surface area contributed by atoms with Crippen LogP contribution in [0.2, 0.25) is 0 Å². The van der Waals surface area contributed by atoms with Crippen molar-refractivity contribution in [1.82, 2.24) is 19.5 Å². The maximum absolute atomic E-state index is 11.5. The SMILES string of the molecule is CN(C)c1nc(N)nc(Cn2ccc(=O)c(S(N)(=O)=O)c2)n1. The van der Waals surface area contributed by atoms with Crippen LogP contribution in [-0.4, -0.2) is 42.0 Å². The van der Waals surface area contributed by atoms with E-state index < -0.39 is 20.3 Å². The third-order valence-corrected chi connectivity index (χ3v) is 3.58. The molecule has 0 saturated carbocycles. The van der Waals surface area contributed by atoms with E-state index in [0.29, 0.717) is 11.8 Å². The molecule has 2 heterocycles. The molecule has 118 valence electrons. The quantitative estimate of drug-likeness (QED) is 0.680. The molecule has 0 fully saturated rings. The molecule has 0 radical (unpaired) electrons. The smallest absolute Gasteiger partial charge is 0.243 e. The third kappa shape index (κ3) is 3.56. The van der Waals surface area contributed by atoms with E-state index >= 15 is 0 Å². The number of sulfonamides is 1. The zero-order valence-electron chi connectivity index (χ0n) is 12.0. The van der Waals surface area contributed by atoms with Gasteiger partial charge in [-0.1, -0.05) is 0 Å². The molecular weight excluding hydrogens is 310 g/mol. The van der Waals surface area contributed by atoms with Crippen LogP contribution in [0.5, 0.6) is 0 Å². The number of anilines is 2. The molecule has 2 aromatic rings. The second kappa shape index (κ2) is 5.69. The predicted octanol–water partition coefficient (Wildman–Crippen LogP) is -1.62. The van der Waals surface area contributed by atoms with Gasteiger partial charge in [0.05, 0.1) is 6.54 Å². The summed E-state index contributed by atoms with van der Waals surface area (Å²) in [5.74, 6) is 0.733. The highest BCUT2D eigenvalue weighted by atomic mass is 32.2. The van der Waals surface area contributed by atoms with E-state index in [2.05, 4.69) is 15.0 Å². The first kappa shape index (κ1) is 15.9. The third-order valence-electron chi connectivity index (χ3n) is 2.66. The van der Waals surface area contributed by atoms with Crippen LogP contribution in [0, 0.1) is 0 Å². The lowest BCUT2D eigenvalue weighted by Crippen LogP contribution is -2.23. The molecule has 22 heavy (non-hydrogen) atoms. The Morgan fingerprint density at radius 2 is 1.95 bits per heavy atom. The lowest BCUT2D eigenvalue weighted by molar-refractivity contribution is 0.594. The number of nitrogen functional groups attached to an aromatic ring is 1. The minimum atomic E-state index is -4.10. The van der Waals surface area contributed by atoms with Crippen LogP contribution in [0.4, 0.5) is 11.9 Å². The van der Waals surface area contributed by atoms with Gasteiger partial charge in [0.2, 0.25) is 27.3 Å². The fourth-order valence-electron chi connectivity index (χ4n) is 1.67. The summed E-state index contributed by atoms with van der Waals surface area (Å²) in [6.45, 7) is 0.107. The summed E-state index contributed by atoms with van der Waals surface area (Å²) in [5, 5.41) is 5.00. The zero-order valence-corrected chi connectivity index (χ0v) is 12.8. The van der Waals surface area contributed by atoms with E-state index in [-0.39, 0.29) is 12.5 Å². The normalized spacial score (nSPS) is 11.4.